The monoisotopic (exact) mass is 416 g/mol. The summed E-state index contributed by atoms with van der Waals surface area (Å²) in [5, 5.41) is 1.04. The molecule has 1 saturated carbocycles. The second kappa shape index (κ2) is 7.76. The van der Waals surface area contributed by atoms with Crippen LogP contribution in [-0.4, -0.2) is 21.6 Å². The van der Waals surface area contributed by atoms with Crippen molar-refractivity contribution in [2.45, 2.75) is 51.6 Å². The van der Waals surface area contributed by atoms with Gasteiger partial charge in [-0.25, -0.2) is 4.98 Å². The molecule has 0 spiro atoms. The largest absolute Gasteiger partial charge is 0.462 e. The minimum Gasteiger partial charge on any atom is -0.462 e. The standard InChI is InChI=1S/C22H22Cl2N2O2/c1-3-21-25-19-11-17(23)18(24)12-20(19)26(21)15-7-5-13(6-8-15)14-9-16(10-14)28-22(27)4-2/h5-8,11-12,14,16H,3-4,9-10H2,1-2H3. The van der Waals surface area contributed by atoms with Crippen molar-refractivity contribution < 1.29 is 9.53 Å². The Kier molecular flexibility index (Phi) is 5.35. The molecule has 6 heteroatoms. The highest BCUT2D eigenvalue weighted by atomic mass is 35.5. The molecule has 1 heterocycles. The van der Waals surface area contributed by atoms with Crippen LogP contribution < -0.4 is 0 Å². The van der Waals surface area contributed by atoms with Crippen molar-refractivity contribution in [3.05, 3.63) is 57.8 Å². The highest BCUT2D eigenvalue weighted by molar-refractivity contribution is 6.42. The number of aryl methyl sites for hydroxylation is 1. The quantitative estimate of drug-likeness (QED) is 0.472. The van der Waals surface area contributed by atoms with Gasteiger partial charge in [0.15, 0.2) is 0 Å². The number of carbonyl (C=O) groups is 1. The van der Waals surface area contributed by atoms with Gasteiger partial charge in [-0.2, -0.15) is 0 Å². The van der Waals surface area contributed by atoms with Gasteiger partial charge in [-0.05, 0) is 48.6 Å². The predicted molar refractivity (Wildman–Crippen MR) is 113 cm³/mol. The van der Waals surface area contributed by atoms with Crippen molar-refractivity contribution in [2.24, 2.45) is 0 Å². The van der Waals surface area contributed by atoms with Gasteiger partial charge in [0, 0.05) is 18.5 Å². The zero-order valence-corrected chi connectivity index (χ0v) is 17.4. The maximum Gasteiger partial charge on any atom is 0.305 e. The van der Waals surface area contributed by atoms with Crippen molar-refractivity contribution in [1.29, 1.82) is 0 Å². The van der Waals surface area contributed by atoms with E-state index in [1.54, 1.807) is 0 Å². The molecule has 146 valence electrons. The Labute approximate surface area is 174 Å². The number of carbonyl (C=O) groups excluding carboxylic acids is 1. The predicted octanol–water partition coefficient (Wildman–Crippen LogP) is 6.09. The molecule has 28 heavy (non-hydrogen) atoms. The molecule has 0 N–H and O–H groups in total. The van der Waals surface area contributed by atoms with E-state index in [0.29, 0.717) is 22.4 Å². The fourth-order valence-electron chi connectivity index (χ4n) is 3.75. The molecule has 0 bridgehead atoms. The average molecular weight is 417 g/mol. The number of esters is 1. The van der Waals surface area contributed by atoms with E-state index in [1.165, 1.54) is 5.56 Å². The number of rotatable bonds is 5. The normalized spacial score (nSPS) is 18.9. The fraction of sp³-hybridized carbons (Fsp3) is 0.364. The Bertz CT molecular complexity index is 1020. The molecule has 1 aliphatic rings. The summed E-state index contributed by atoms with van der Waals surface area (Å²) in [6.07, 6.45) is 3.09. The summed E-state index contributed by atoms with van der Waals surface area (Å²) in [6, 6.07) is 12.2. The molecule has 1 aromatic heterocycles. The summed E-state index contributed by atoms with van der Waals surface area (Å²) < 4.78 is 7.53. The number of fused-ring (bicyclic) bond motifs is 1. The van der Waals surface area contributed by atoms with Crippen molar-refractivity contribution in [1.82, 2.24) is 9.55 Å². The maximum atomic E-state index is 11.4. The summed E-state index contributed by atoms with van der Waals surface area (Å²) in [4.78, 5) is 16.1. The molecule has 2 aromatic carbocycles. The molecule has 0 unspecified atom stereocenters. The zero-order valence-electron chi connectivity index (χ0n) is 15.9. The minimum atomic E-state index is -0.114. The number of nitrogens with zero attached hydrogens (tertiary/aromatic N) is 2. The van der Waals surface area contributed by atoms with Crippen LogP contribution in [0.5, 0.6) is 0 Å². The molecule has 1 fully saturated rings. The molecule has 4 rings (SSSR count). The Morgan fingerprint density at radius 1 is 1.14 bits per heavy atom. The van der Waals surface area contributed by atoms with Gasteiger partial charge in [-0.3, -0.25) is 9.36 Å². The fourth-order valence-corrected chi connectivity index (χ4v) is 4.06. The third-order valence-corrected chi connectivity index (χ3v) is 6.11. The van der Waals surface area contributed by atoms with Crippen molar-refractivity contribution in [3.63, 3.8) is 0 Å². The van der Waals surface area contributed by atoms with Crippen molar-refractivity contribution >= 4 is 40.2 Å². The smallest absolute Gasteiger partial charge is 0.305 e. The summed E-state index contributed by atoms with van der Waals surface area (Å²) in [5.74, 6) is 1.30. The molecular weight excluding hydrogens is 395 g/mol. The molecule has 0 saturated heterocycles. The number of hydrogen-bond donors (Lipinski definition) is 0. The lowest BCUT2D eigenvalue weighted by molar-refractivity contribution is -0.153. The molecule has 1 aliphatic carbocycles. The first-order chi connectivity index (χ1) is 13.5. The van der Waals surface area contributed by atoms with E-state index in [0.717, 1.165) is 41.8 Å². The summed E-state index contributed by atoms with van der Waals surface area (Å²) in [5.41, 5.74) is 4.12. The van der Waals surface area contributed by atoms with E-state index in [1.807, 2.05) is 19.1 Å². The van der Waals surface area contributed by atoms with Gasteiger partial charge in [-0.15, -0.1) is 0 Å². The summed E-state index contributed by atoms with van der Waals surface area (Å²) in [6.45, 7) is 3.91. The van der Waals surface area contributed by atoms with Gasteiger partial charge in [0.25, 0.3) is 0 Å². The van der Waals surface area contributed by atoms with Crippen LogP contribution in [0.4, 0.5) is 0 Å². The maximum absolute atomic E-state index is 11.4. The first kappa shape index (κ1) is 19.3. The van der Waals surface area contributed by atoms with E-state index in [2.05, 4.69) is 35.8 Å². The lowest BCUT2D eigenvalue weighted by Gasteiger charge is -2.35. The van der Waals surface area contributed by atoms with Crippen LogP contribution >= 0.6 is 23.2 Å². The second-order valence-electron chi connectivity index (χ2n) is 7.20. The van der Waals surface area contributed by atoms with E-state index in [-0.39, 0.29) is 12.1 Å². The van der Waals surface area contributed by atoms with Gasteiger partial charge >= 0.3 is 5.97 Å². The third-order valence-electron chi connectivity index (χ3n) is 5.39. The summed E-state index contributed by atoms with van der Waals surface area (Å²) >= 11 is 12.4. The first-order valence-corrected chi connectivity index (χ1v) is 10.4. The SMILES string of the molecule is CCC(=O)OC1CC(c2ccc(-n3c(CC)nc4cc(Cl)c(Cl)cc43)cc2)C1. The molecule has 0 amide bonds. The zero-order chi connectivity index (χ0) is 19.8. The van der Waals surface area contributed by atoms with Crippen LogP contribution in [0.2, 0.25) is 10.0 Å². The second-order valence-corrected chi connectivity index (χ2v) is 8.01. The number of ether oxygens (including phenoxy) is 1. The summed E-state index contributed by atoms with van der Waals surface area (Å²) in [7, 11) is 0. The van der Waals surface area contributed by atoms with Crippen LogP contribution in [-0.2, 0) is 16.0 Å². The van der Waals surface area contributed by atoms with Gasteiger partial charge in [0.1, 0.15) is 11.9 Å². The lowest BCUT2D eigenvalue weighted by atomic mass is 9.77. The number of halogens is 2. The molecular formula is C22H22Cl2N2O2. The average Bonchev–Trinajstić information content (AvgIpc) is 3.02. The van der Waals surface area contributed by atoms with Gasteiger partial charge in [0.05, 0.1) is 21.1 Å². The van der Waals surface area contributed by atoms with Gasteiger partial charge in [0.2, 0.25) is 0 Å². The number of aromatic nitrogens is 2. The van der Waals surface area contributed by atoms with Crippen molar-refractivity contribution in [2.75, 3.05) is 0 Å². The Hall–Kier alpha value is -2.04. The molecule has 4 nitrogen and oxygen atoms in total. The van der Waals surface area contributed by atoms with E-state index in [9.17, 15) is 4.79 Å². The number of benzene rings is 2. The molecule has 3 aromatic rings. The number of hydrogen-bond acceptors (Lipinski definition) is 3. The highest BCUT2D eigenvalue weighted by Gasteiger charge is 2.32. The van der Waals surface area contributed by atoms with Gasteiger partial charge < -0.3 is 4.74 Å². The van der Waals surface area contributed by atoms with Crippen molar-refractivity contribution in [3.8, 4) is 5.69 Å². The topological polar surface area (TPSA) is 44.1 Å². The Balaban J connectivity index is 1.58. The molecule has 0 atom stereocenters. The highest BCUT2D eigenvalue weighted by Crippen LogP contribution is 2.39. The first-order valence-electron chi connectivity index (χ1n) is 9.66. The van der Waals surface area contributed by atoms with E-state index in [4.69, 9.17) is 32.9 Å². The Morgan fingerprint density at radius 2 is 1.82 bits per heavy atom. The van der Waals surface area contributed by atoms with Crippen LogP contribution in [0.15, 0.2) is 36.4 Å². The minimum absolute atomic E-state index is 0.0632. The Morgan fingerprint density at radius 3 is 2.46 bits per heavy atom. The molecule has 0 radical (unpaired) electrons. The molecule has 0 aliphatic heterocycles. The number of imidazole rings is 1. The van der Waals surface area contributed by atoms with Crippen LogP contribution in [0.25, 0.3) is 16.7 Å². The van der Waals surface area contributed by atoms with Crippen LogP contribution in [0.1, 0.15) is 50.4 Å². The van der Waals surface area contributed by atoms with E-state index < -0.39 is 0 Å². The van der Waals surface area contributed by atoms with E-state index >= 15 is 0 Å². The van der Waals surface area contributed by atoms with Crippen LogP contribution in [0, 0.1) is 0 Å². The van der Waals surface area contributed by atoms with Gasteiger partial charge in [-0.1, -0.05) is 49.2 Å². The third kappa shape index (κ3) is 3.51. The van der Waals surface area contributed by atoms with Crippen LogP contribution in [0.3, 0.4) is 0 Å². The lowest BCUT2D eigenvalue weighted by Crippen LogP contribution is -2.31.